The normalized spacial score (nSPS) is 18.7. The van der Waals surface area contributed by atoms with Crippen LogP contribution in [0.25, 0.3) is 11.4 Å². The van der Waals surface area contributed by atoms with Gasteiger partial charge in [-0.05, 0) is 25.0 Å². The summed E-state index contributed by atoms with van der Waals surface area (Å²) in [5.41, 5.74) is 1.65. The molecular formula is C18H23N5O3. The molecule has 1 aliphatic carbocycles. The SMILES string of the molecule is CCOC1=CC=C(c2nc3nc(CN4CCOCC4)cc(=O)n3[nH]2)CC1. The van der Waals surface area contributed by atoms with E-state index in [4.69, 9.17) is 9.47 Å². The molecule has 3 heterocycles. The number of H-pyrrole nitrogens is 1. The Morgan fingerprint density at radius 2 is 2.08 bits per heavy atom. The van der Waals surface area contributed by atoms with Gasteiger partial charge in [0.15, 0.2) is 5.82 Å². The third-order valence-electron chi connectivity index (χ3n) is 4.62. The maximum Gasteiger partial charge on any atom is 0.274 e. The Kier molecular flexibility index (Phi) is 4.85. The average molecular weight is 357 g/mol. The summed E-state index contributed by atoms with van der Waals surface area (Å²) in [6.45, 7) is 6.44. The van der Waals surface area contributed by atoms with E-state index < -0.39 is 0 Å². The quantitative estimate of drug-likeness (QED) is 0.869. The van der Waals surface area contributed by atoms with Crippen LogP contribution in [0.5, 0.6) is 0 Å². The van der Waals surface area contributed by atoms with Crippen molar-refractivity contribution in [3.63, 3.8) is 0 Å². The van der Waals surface area contributed by atoms with Crippen LogP contribution in [0, 0.1) is 0 Å². The Labute approximate surface area is 151 Å². The zero-order chi connectivity index (χ0) is 17.9. The van der Waals surface area contributed by atoms with Crippen molar-refractivity contribution in [1.29, 1.82) is 0 Å². The number of fused-ring (bicyclic) bond motifs is 1. The van der Waals surface area contributed by atoms with Crippen molar-refractivity contribution in [2.24, 2.45) is 0 Å². The summed E-state index contributed by atoms with van der Waals surface area (Å²) in [7, 11) is 0. The molecule has 2 aromatic rings. The first kappa shape index (κ1) is 17.0. The highest BCUT2D eigenvalue weighted by molar-refractivity contribution is 5.64. The van der Waals surface area contributed by atoms with Crippen molar-refractivity contribution in [3.05, 3.63) is 45.8 Å². The number of allylic oxidation sites excluding steroid dienone is 4. The number of morpholine rings is 1. The van der Waals surface area contributed by atoms with Gasteiger partial charge in [-0.3, -0.25) is 14.8 Å². The van der Waals surface area contributed by atoms with Gasteiger partial charge >= 0.3 is 0 Å². The fraction of sp³-hybridized carbons (Fsp3) is 0.500. The van der Waals surface area contributed by atoms with E-state index in [1.54, 1.807) is 6.07 Å². The highest BCUT2D eigenvalue weighted by Gasteiger charge is 2.16. The fourth-order valence-electron chi connectivity index (χ4n) is 3.26. The summed E-state index contributed by atoms with van der Waals surface area (Å²) < 4.78 is 12.3. The molecule has 26 heavy (non-hydrogen) atoms. The minimum atomic E-state index is -0.140. The van der Waals surface area contributed by atoms with Crippen LogP contribution in [0.15, 0.2) is 28.8 Å². The molecule has 0 bridgehead atoms. The first-order valence-electron chi connectivity index (χ1n) is 9.04. The molecule has 2 aromatic heterocycles. The molecule has 0 radical (unpaired) electrons. The van der Waals surface area contributed by atoms with E-state index in [9.17, 15) is 4.79 Å². The van der Waals surface area contributed by atoms with E-state index in [0.717, 1.165) is 56.2 Å². The number of ether oxygens (including phenoxy) is 2. The van der Waals surface area contributed by atoms with E-state index in [2.05, 4.69) is 20.0 Å². The Morgan fingerprint density at radius 1 is 1.23 bits per heavy atom. The molecule has 1 saturated heterocycles. The highest BCUT2D eigenvalue weighted by Crippen LogP contribution is 2.25. The molecule has 0 saturated carbocycles. The van der Waals surface area contributed by atoms with Crippen LogP contribution in [0.3, 0.4) is 0 Å². The van der Waals surface area contributed by atoms with Crippen LogP contribution < -0.4 is 5.56 Å². The van der Waals surface area contributed by atoms with Crippen LogP contribution in [0.2, 0.25) is 0 Å². The number of hydrogen-bond acceptors (Lipinski definition) is 6. The second-order valence-corrected chi connectivity index (χ2v) is 6.44. The van der Waals surface area contributed by atoms with E-state index in [-0.39, 0.29) is 5.56 Å². The first-order chi connectivity index (χ1) is 12.7. The van der Waals surface area contributed by atoms with Gasteiger partial charge in [-0.15, -0.1) is 0 Å². The van der Waals surface area contributed by atoms with Crippen LogP contribution in [0.4, 0.5) is 0 Å². The van der Waals surface area contributed by atoms with Crippen molar-refractivity contribution in [1.82, 2.24) is 24.5 Å². The molecular weight excluding hydrogens is 334 g/mol. The number of hydrogen-bond donors (Lipinski definition) is 1. The van der Waals surface area contributed by atoms with E-state index in [0.29, 0.717) is 24.8 Å². The van der Waals surface area contributed by atoms with Gasteiger partial charge in [-0.1, -0.05) is 6.08 Å². The lowest BCUT2D eigenvalue weighted by Gasteiger charge is -2.25. The second-order valence-electron chi connectivity index (χ2n) is 6.44. The summed E-state index contributed by atoms with van der Waals surface area (Å²) >= 11 is 0. The Bertz CT molecular complexity index is 905. The zero-order valence-electron chi connectivity index (χ0n) is 14.9. The van der Waals surface area contributed by atoms with Crippen molar-refractivity contribution in [2.45, 2.75) is 26.3 Å². The number of aromatic nitrogens is 4. The van der Waals surface area contributed by atoms with E-state index >= 15 is 0 Å². The average Bonchev–Trinajstić information content (AvgIpc) is 3.08. The van der Waals surface area contributed by atoms with Gasteiger partial charge in [0.05, 0.1) is 31.3 Å². The highest BCUT2D eigenvalue weighted by atomic mass is 16.5. The Hall–Kier alpha value is -2.45. The molecule has 4 rings (SSSR count). The lowest BCUT2D eigenvalue weighted by Crippen LogP contribution is -2.36. The van der Waals surface area contributed by atoms with Crippen LogP contribution in [-0.4, -0.2) is 57.4 Å². The zero-order valence-corrected chi connectivity index (χ0v) is 14.9. The van der Waals surface area contributed by atoms with E-state index in [1.807, 2.05) is 19.1 Å². The predicted molar refractivity (Wildman–Crippen MR) is 96.6 cm³/mol. The minimum Gasteiger partial charge on any atom is -0.498 e. The van der Waals surface area contributed by atoms with Gasteiger partial charge in [0.25, 0.3) is 11.3 Å². The number of aromatic amines is 1. The molecule has 8 heteroatoms. The molecule has 1 fully saturated rings. The van der Waals surface area contributed by atoms with Gasteiger partial charge in [0.2, 0.25) is 0 Å². The summed E-state index contributed by atoms with van der Waals surface area (Å²) in [5.74, 6) is 2.08. The molecule has 1 aliphatic heterocycles. The van der Waals surface area contributed by atoms with Gasteiger partial charge in [-0.2, -0.15) is 9.50 Å². The largest absolute Gasteiger partial charge is 0.498 e. The van der Waals surface area contributed by atoms with Crippen LogP contribution in [-0.2, 0) is 16.0 Å². The number of nitrogens with zero attached hydrogens (tertiary/aromatic N) is 4. The maximum absolute atomic E-state index is 12.4. The standard InChI is InChI=1S/C18H23N5O3/c1-2-26-15-5-3-13(4-6-15)17-20-18-19-14(11-16(24)23(18)21-17)12-22-7-9-25-10-8-22/h3,5,11H,2,4,6-10,12H2,1H3,(H,19,20,21). The molecule has 0 amide bonds. The Morgan fingerprint density at radius 3 is 2.81 bits per heavy atom. The summed E-state index contributed by atoms with van der Waals surface area (Å²) in [6, 6.07) is 1.58. The maximum atomic E-state index is 12.4. The van der Waals surface area contributed by atoms with Crippen molar-refractivity contribution >= 4 is 11.4 Å². The second kappa shape index (κ2) is 7.43. The minimum absolute atomic E-state index is 0.140. The first-order valence-corrected chi connectivity index (χ1v) is 9.04. The molecule has 138 valence electrons. The topological polar surface area (TPSA) is 84.8 Å². The van der Waals surface area contributed by atoms with Crippen molar-refractivity contribution < 1.29 is 9.47 Å². The molecule has 0 unspecified atom stereocenters. The summed E-state index contributed by atoms with van der Waals surface area (Å²) in [4.78, 5) is 23.8. The van der Waals surface area contributed by atoms with Crippen LogP contribution in [0.1, 0.15) is 31.3 Å². The number of nitrogens with one attached hydrogen (secondary N) is 1. The summed E-state index contributed by atoms with van der Waals surface area (Å²) in [6.07, 6.45) is 5.61. The lowest BCUT2D eigenvalue weighted by molar-refractivity contribution is 0.0336. The molecule has 8 nitrogen and oxygen atoms in total. The molecule has 2 aliphatic rings. The Balaban J connectivity index is 1.59. The fourth-order valence-corrected chi connectivity index (χ4v) is 3.26. The van der Waals surface area contributed by atoms with Gasteiger partial charge in [0.1, 0.15) is 0 Å². The number of rotatable bonds is 5. The van der Waals surface area contributed by atoms with Crippen molar-refractivity contribution in [2.75, 3.05) is 32.9 Å². The molecule has 0 atom stereocenters. The molecule has 0 spiro atoms. The van der Waals surface area contributed by atoms with E-state index in [1.165, 1.54) is 4.52 Å². The third kappa shape index (κ3) is 3.56. The third-order valence-corrected chi connectivity index (χ3v) is 4.62. The van der Waals surface area contributed by atoms with Crippen LogP contribution >= 0.6 is 0 Å². The van der Waals surface area contributed by atoms with Gasteiger partial charge in [0, 0.05) is 32.1 Å². The van der Waals surface area contributed by atoms with Gasteiger partial charge < -0.3 is 9.47 Å². The lowest BCUT2D eigenvalue weighted by atomic mass is 10.0. The monoisotopic (exact) mass is 357 g/mol. The molecule has 1 N–H and O–H groups in total. The summed E-state index contributed by atoms with van der Waals surface area (Å²) in [5, 5.41) is 3.07. The smallest absolute Gasteiger partial charge is 0.274 e. The molecule has 0 aromatic carbocycles. The predicted octanol–water partition coefficient (Wildman–Crippen LogP) is 1.35. The van der Waals surface area contributed by atoms with Gasteiger partial charge in [-0.25, -0.2) is 4.98 Å². The van der Waals surface area contributed by atoms with Crippen molar-refractivity contribution in [3.8, 4) is 0 Å².